The molecule has 4 N–H and O–H groups in total. The number of para-hydroxylation sites is 1. The minimum atomic E-state index is -1.05. The molecule has 3 amide bonds. The first-order valence-electron chi connectivity index (χ1n) is 11.5. The van der Waals surface area contributed by atoms with Gasteiger partial charge in [0.05, 0.1) is 23.7 Å². The Morgan fingerprint density at radius 2 is 1.63 bits per heavy atom. The van der Waals surface area contributed by atoms with Crippen molar-refractivity contribution in [3.8, 4) is 0 Å². The van der Waals surface area contributed by atoms with Crippen LogP contribution in [0.3, 0.4) is 0 Å². The molecule has 1 heterocycles. The number of fused-ring (bicyclic) bond motifs is 1. The fourth-order valence-corrected chi connectivity index (χ4v) is 4.29. The van der Waals surface area contributed by atoms with Gasteiger partial charge >= 0.3 is 12.0 Å². The molecule has 0 spiro atoms. The van der Waals surface area contributed by atoms with Crippen LogP contribution in [0.4, 0.5) is 16.2 Å². The minimum Gasteiger partial charge on any atom is -0.481 e. The molecule has 1 aliphatic heterocycles. The number of carboxylic acids is 1. The number of carboxylic acid groups (broad SMARTS) is 1. The molecule has 0 radical (unpaired) electrons. The molecule has 0 fully saturated rings. The molecule has 1 unspecified atom stereocenters. The van der Waals surface area contributed by atoms with Crippen molar-refractivity contribution in [1.82, 2.24) is 4.90 Å². The van der Waals surface area contributed by atoms with Crippen molar-refractivity contribution >= 4 is 29.3 Å². The maximum absolute atomic E-state index is 13.5. The van der Waals surface area contributed by atoms with Crippen molar-refractivity contribution in [2.75, 3.05) is 23.3 Å². The Kier molecular flexibility index (Phi) is 7.42. The van der Waals surface area contributed by atoms with Gasteiger partial charge in [0.25, 0.3) is 5.91 Å². The Bertz CT molecular complexity index is 1200. The van der Waals surface area contributed by atoms with E-state index in [9.17, 15) is 19.5 Å². The van der Waals surface area contributed by atoms with Gasteiger partial charge in [0, 0.05) is 25.3 Å². The molecular weight excluding hydrogens is 444 g/mol. The van der Waals surface area contributed by atoms with E-state index in [1.54, 1.807) is 41.3 Å². The second kappa shape index (κ2) is 10.8. The number of nitrogens with two attached hydrogens (primary N) is 1. The van der Waals surface area contributed by atoms with Gasteiger partial charge in [-0.05, 0) is 41.8 Å². The highest BCUT2D eigenvalue weighted by Gasteiger charge is 2.37. The van der Waals surface area contributed by atoms with E-state index in [1.807, 2.05) is 42.5 Å². The van der Waals surface area contributed by atoms with Crippen molar-refractivity contribution < 1.29 is 19.5 Å². The molecule has 0 saturated carbocycles. The summed E-state index contributed by atoms with van der Waals surface area (Å²) in [4.78, 5) is 41.8. The van der Waals surface area contributed by atoms with Gasteiger partial charge in [-0.15, -0.1) is 0 Å². The molecule has 35 heavy (non-hydrogen) atoms. The number of rotatable bonds is 7. The van der Waals surface area contributed by atoms with E-state index >= 15 is 0 Å². The number of nitrogens with zero attached hydrogens (tertiary/aromatic N) is 2. The third-order valence-corrected chi connectivity index (χ3v) is 6.06. The molecule has 1 aliphatic rings. The number of aliphatic carboxylic acids is 1. The van der Waals surface area contributed by atoms with Gasteiger partial charge in [-0.3, -0.25) is 14.5 Å². The van der Waals surface area contributed by atoms with Gasteiger partial charge in [-0.1, -0.05) is 54.6 Å². The number of hydrogen-bond donors (Lipinski definition) is 3. The zero-order valence-corrected chi connectivity index (χ0v) is 19.3. The van der Waals surface area contributed by atoms with Crippen LogP contribution in [0.1, 0.15) is 27.9 Å². The molecule has 0 bridgehead atoms. The Morgan fingerprint density at radius 1 is 0.943 bits per heavy atom. The van der Waals surface area contributed by atoms with Gasteiger partial charge in [-0.2, -0.15) is 0 Å². The maximum atomic E-state index is 13.5. The van der Waals surface area contributed by atoms with Crippen LogP contribution >= 0.6 is 0 Å². The average Bonchev–Trinajstić information content (AvgIpc) is 2.98. The zero-order valence-electron chi connectivity index (χ0n) is 19.3. The van der Waals surface area contributed by atoms with Gasteiger partial charge in [-0.25, -0.2) is 4.79 Å². The molecule has 180 valence electrons. The first-order chi connectivity index (χ1) is 17.0. The number of carbonyl (C=O) groups is 3. The van der Waals surface area contributed by atoms with Crippen LogP contribution in [-0.4, -0.2) is 47.0 Å². The van der Waals surface area contributed by atoms with Crippen molar-refractivity contribution in [3.05, 3.63) is 95.6 Å². The van der Waals surface area contributed by atoms with Gasteiger partial charge in [0.1, 0.15) is 0 Å². The van der Waals surface area contributed by atoms with Crippen LogP contribution in [0.25, 0.3) is 0 Å². The quantitative estimate of drug-likeness (QED) is 0.485. The Labute approximate surface area is 204 Å². The fraction of sp³-hybridized carbons (Fsp3) is 0.222. The summed E-state index contributed by atoms with van der Waals surface area (Å²) < 4.78 is 0. The number of hydrogen-bond acceptors (Lipinski definition) is 4. The Hall–Kier alpha value is -4.17. The van der Waals surface area contributed by atoms with E-state index in [0.717, 1.165) is 11.1 Å². The van der Waals surface area contributed by atoms with E-state index < -0.39 is 18.0 Å². The number of benzene rings is 3. The lowest BCUT2D eigenvalue weighted by Crippen LogP contribution is -2.49. The number of urea groups is 1. The predicted molar refractivity (Wildman–Crippen MR) is 134 cm³/mol. The molecule has 3 aromatic rings. The lowest BCUT2D eigenvalue weighted by atomic mass is 10.1. The van der Waals surface area contributed by atoms with Gasteiger partial charge in [0.2, 0.25) is 0 Å². The summed E-state index contributed by atoms with van der Waals surface area (Å²) in [6, 6.07) is 22.5. The summed E-state index contributed by atoms with van der Waals surface area (Å²) in [5, 5.41) is 12.5. The minimum absolute atomic E-state index is 0.103. The zero-order chi connectivity index (χ0) is 24.8. The molecule has 1 atom stereocenters. The van der Waals surface area contributed by atoms with E-state index in [0.29, 0.717) is 36.4 Å². The van der Waals surface area contributed by atoms with Crippen LogP contribution in [0, 0.1) is 0 Å². The highest BCUT2D eigenvalue weighted by Crippen LogP contribution is 2.30. The molecule has 8 heteroatoms. The predicted octanol–water partition coefficient (Wildman–Crippen LogP) is 3.73. The summed E-state index contributed by atoms with van der Waals surface area (Å²) in [6.07, 6.45) is 0.317. The first-order valence-corrected chi connectivity index (χ1v) is 11.5. The molecule has 0 aromatic heterocycles. The molecule has 0 saturated heterocycles. The van der Waals surface area contributed by atoms with Crippen LogP contribution < -0.4 is 16.0 Å². The summed E-state index contributed by atoms with van der Waals surface area (Å²) in [5.41, 5.74) is 8.95. The number of amides is 3. The van der Waals surface area contributed by atoms with E-state index in [4.69, 9.17) is 5.73 Å². The Morgan fingerprint density at radius 3 is 2.31 bits per heavy atom. The van der Waals surface area contributed by atoms with Crippen molar-refractivity contribution in [1.29, 1.82) is 0 Å². The summed E-state index contributed by atoms with van der Waals surface area (Å²) in [6.45, 7) is 0.894. The van der Waals surface area contributed by atoms with Crippen molar-refractivity contribution in [3.63, 3.8) is 0 Å². The number of nitrogens with one attached hydrogen (secondary N) is 1. The highest BCUT2D eigenvalue weighted by molar-refractivity contribution is 6.09. The largest absolute Gasteiger partial charge is 0.481 e. The van der Waals surface area contributed by atoms with E-state index in [1.165, 1.54) is 4.90 Å². The van der Waals surface area contributed by atoms with Crippen LogP contribution in [0.2, 0.25) is 0 Å². The summed E-state index contributed by atoms with van der Waals surface area (Å²) in [5.74, 6) is -1.27. The third kappa shape index (κ3) is 5.67. The number of carbonyl (C=O) groups excluding carboxylic acids is 2. The SMILES string of the molecule is NCc1ccc(NC(=O)N2c3ccccc3C(=O)N(CCc3ccccc3)CC2CC(=O)O)cc1. The summed E-state index contributed by atoms with van der Waals surface area (Å²) >= 11 is 0. The van der Waals surface area contributed by atoms with E-state index in [-0.39, 0.29) is 18.9 Å². The molecule has 3 aromatic carbocycles. The topological polar surface area (TPSA) is 116 Å². The standard InChI is InChI=1S/C27H28N4O4/c28-17-20-10-12-21(13-11-20)29-27(35)31-22(16-25(32)33)18-30(15-14-19-6-2-1-3-7-19)26(34)23-8-4-5-9-24(23)31/h1-13,22H,14-18,28H2,(H,29,35)(H,32,33). The average molecular weight is 473 g/mol. The van der Waals surface area contributed by atoms with Gasteiger partial charge in [0.15, 0.2) is 0 Å². The van der Waals surface area contributed by atoms with Crippen molar-refractivity contribution in [2.24, 2.45) is 5.73 Å². The van der Waals surface area contributed by atoms with E-state index in [2.05, 4.69) is 5.32 Å². The maximum Gasteiger partial charge on any atom is 0.326 e. The number of anilines is 2. The monoisotopic (exact) mass is 472 g/mol. The van der Waals surface area contributed by atoms with Crippen LogP contribution in [-0.2, 0) is 17.8 Å². The van der Waals surface area contributed by atoms with Gasteiger partial charge < -0.3 is 21.1 Å². The highest BCUT2D eigenvalue weighted by atomic mass is 16.4. The van der Waals surface area contributed by atoms with Crippen molar-refractivity contribution in [2.45, 2.75) is 25.4 Å². The second-order valence-corrected chi connectivity index (χ2v) is 8.46. The fourth-order valence-electron chi connectivity index (χ4n) is 4.29. The lowest BCUT2D eigenvalue weighted by Gasteiger charge is -2.31. The lowest BCUT2D eigenvalue weighted by molar-refractivity contribution is -0.137. The molecule has 8 nitrogen and oxygen atoms in total. The Balaban J connectivity index is 1.66. The smallest absolute Gasteiger partial charge is 0.326 e. The van der Waals surface area contributed by atoms with Crippen LogP contribution in [0.15, 0.2) is 78.9 Å². The third-order valence-electron chi connectivity index (χ3n) is 6.06. The first kappa shape index (κ1) is 24.0. The normalized spacial score (nSPS) is 15.3. The molecular formula is C27H28N4O4. The second-order valence-electron chi connectivity index (χ2n) is 8.46. The molecule has 4 rings (SSSR count). The van der Waals surface area contributed by atoms with Crippen LogP contribution in [0.5, 0.6) is 0 Å². The molecule has 0 aliphatic carbocycles. The summed E-state index contributed by atoms with van der Waals surface area (Å²) in [7, 11) is 0.